The van der Waals surface area contributed by atoms with E-state index in [2.05, 4.69) is 6.92 Å². The molecule has 0 aromatic rings. The Hall–Kier alpha value is -1.65. The highest BCUT2D eigenvalue weighted by Gasteiger charge is 2.25. The largest absolute Gasteiger partial charge is 0.481 e. The predicted octanol–water partition coefficient (Wildman–Crippen LogP) is 4.11. The van der Waals surface area contributed by atoms with Crippen molar-refractivity contribution in [3.8, 4) is 0 Å². The van der Waals surface area contributed by atoms with Gasteiger partial charge >= 0.3 is 5.97 Å². The van der Waals surface area contributed by atoms with Gasteiger partial charge in [-0.15, -0.1) is 0 Å². The Balaban J connectivity index is 2.38. The third kappa shape index (κ3) is 9.42. The monoisotopic (exact) mass is 351 g/mol. The topological polar surface area (TPSA) is 74.7 Å². The quantitative estimate of drug-likeness (QED) is 0.400. The second kappa shape index (κ2) is 12.7. The lowest BCUT2D eigenvalue weighted by molar-refractivity contribution is -0.137. The molecule has 1 unspecified atom stereocenters. The summed E-state index contributed by atoms with van der Waals surface area (Å²) in [5, 5.41) is 8.63. The minimum atomic E-state index is -0.750. The van der Waals surface area contributed by atoms with E-state index in [0.29, 0.717) is 25.8 Å². The highest BCUT2D eigenvalue weighted by molar-refractivity contribution is 5.89. The van der Waals surface area contributed by atoms with Crippen LogP contribution >= 0.6 is 0 Å². The van der Waals surface area contributed by atoms with Crippen molar-refractivity contribution in [1.82, 2.24) is 4.90 Å². The van der Waals surface area contributed by atoms with Crippen molar-refractivity contribution in [2.24, 2.45) is 0 Å². The fourth-order valence-corrected chi connectivity index (χ4v) is 3.20. The number of piperidine rings is 1. The minimum Gasteiger partial charge on any atom is -0.481 e. The number of carbonyl (C=O) groups excluding carboxylic acids is 2. The summed E-state index contributed by atoms with van der Waals surface area (Å²) in [5.74, 6) is -0.426. The number of carboxylic acids is 1. The van der Waals surface area contributed by atoms with Crippen LogP contribution in [0.2, 0.25) is 0 Å². The summed E-state index contributed by atoms with van der Waals surface area (Å²) < 4.78 is 0. The molecule has 1 saturated heterocycles. The lowest BCUT2D eigenvalue weighted by atomic mass is 9.99. The van der Waals surface area contributed by atoms with E-state index >= 15 is 0 Å². The summed E-state index contributed by atoms with van der Waals surface area (Å²) >= 11 is 0. The van der Waals surface area contributed by atoms with E-state index < -0.39 is 5.97 Å². The maximum atomic E-state index is 12.2. The van der Waals surface area contributed by atoms with Gasteiger partial charge in [0, 0.05) is 25.8 Å². The standard InChI is InChI=1S/C20H33NO4/c1-2-3-6-11-18(22)15-14-17-10-9-12-19(23)21(17)16-8-5-4-7-13-20(24)25/h14-15,17H,2-13,16H2,1H3,(H,24,25)/b15-14+. The average molecular weight is 351 g/mol. The molecule has 0 aromatic carbocycles. The number of amides is 1. The number of nitrogens with zero attached hydrogens (tertiary/aromatic N) is 1. The molecule has 0 radical (unpaired) electrons. The summed E-state index contributed by atoms with van der Waals surface area (Å²) in [6.07, 6.45) is 13.3. The number of aliphatic carboxylic acids is 1. The van der Waals surface area contributed by atoms with Crippen LogP contribution < -0.4 is 0 Å². The third-order valence-electron chi connectivity index (χ3n) is 4.68. The fraction of sp³-hybridized carbons (Fsp3) is 0.750. The highest BCUT2D eigenvalue weighted by Crippen LogP contribution is 2.20. The molecule has 0 aromatic heterocycles. The van der Waals surface area contributed by atoms with E-state index in [0.717, 1.165) is 51.4 Å². The molecule has 0 bridgehead atoms. The second-order valence-electron chi connectivity index (χ2n) is 6.89. The van der Waals surface area contributed by atoms with Gasteiger partial charge in [0.05, 0.1) is 6.04 Å². The Kier molecular flexibility index (Phi) is 10.8. The first-order valence-corrected chi connectivity index (χ1v) is 9.77. The van der Waals surface area contributed by atoms with Crippen molar-refractivity contribution in [2.75, 3.05) is 6.54 Å². The Morgan fingerprint density at radius 1 is 1.12 bits per heavy atom. The van der Waals surface area contributed by atoms with Crippen molar-refractivity contribution >= 4 is 17.7 Å². The first-order valence-electron chi connectivity index (χ1n) is 9.77. The van der Waals surface area contributed by atoms with Crippen molar-refractivity contribution in [3.05, 3.63) is 12.2 Å². The lowest BCUT2D eigenvalue weighted by Gasteiger charge is -2.34. The number of hydrogen-bond donors (Lipinski definition) is 1. The van der Waals surface area contributed by atoms with Gasteiger partial charge in [0.15, 0.2) is 5.78 Å². The van der Waals surface area contributed by atoms with Crippen LogP contribution in [0.1, 0.15) is 84.0 Å². The number of likely N-dealkylation sites (tertiary alicyclic amines) is 1. The molecule has 25 heavy (non-hydrogen) atoms. The fourth-order valence-electron chi connectivity index (χ4n) is 3.20. The van der Waals surface area contributed by atoms with Gasteiger partial charge in [0.25, 0.3) is 0 Å². The number of rotatable bonds is 13. The van der Waals surface area contributed by atoms with Gasteiger partial charge < -0.3 is 10.0 Å². The Bertz CT molecular complexity index is 459. The maximum Gasteiger partial charge on any atom is 0.303 e. The van der Waals surface area contributed by atoms with Gasteiger partial charge in [-0.3, -0.25) is 14.4 Å². The molecular formula is C20H33NO4. The molecule has 1 aliphatic rings. The molecule has 1 fully saturated rings. The van der Waals surface area contributed by atoms with Gasteiger partial charge in [-0.2, -0.15) is 0 Å². The van der Waals surface area contributed by atoms with Gasteiger partial charge in [0.2, 0.25) is 5.91 Å². The van der Waals surface area contributed by atoms with E-state index in [9.17, 15) is 14.4 Å². The maximum absolute atomic E-state index is 12.2. The summed E-state index contributed by atoms with van der Waals surface area (Å²) in [6.45, 7) is 2.82. The number of carboxylic acid groups (broad SMARTS) is 1. The molecule has 142 valence electrons. The van der Waals surface area contributed by atoms with Crippen molar-refractivity contribution in [2.45, 2.75) is 90.0 Å². The molecular weight excluding hydrogens is 318 g/mol. The summed E-state index contributed by atoms with van der Waals surface area (Å²) in [5.41, 5.74) is 0. The molecule has 5 heteroatoms. The van der Waals surface area contributed by atoms with Crippen LogP contribution in [0, 0.1) is 0 Å². The average Bonchev–Trinajstić information content (AvgIpc) is 2.57. The first-order chi connectivity index (χ1) is 12.0. The van der Waals surface area contributed by atoms with Crippen LogP contribution in [0.25, 0.3) is 0 Å². The van der Waals surface area contributed by atoms with E-state index in [1.807, 2.05) is 11.0 Å². The van der Waals surface area contributed by atoms with Gasteiger partial charge in [0.1, 0.15) is 0 Å². The van der Waals surface area contributed by atoms with Crippen LogP contribution in [0.4, 0.5) is 0 Å². The second-order valence-corrected chi connectivity index (χ2v) is 6.89. The molecule has 1 amide bonds. The normalized spacial score (nSPS) is 18.0. The molecule has 0 spiro atoms. The number of unbranched alkanes of at least 4 members (excludes halogenated alkanes) is 5. The van der Waals surface area contributed by atoms with Crippen LogP contribution in [-0.4, -0.2) is 40.3 Å². The number of carbonyl (C=O) groups is 3. The van der Waals surface area contributed by atoms with E-state index in [-0.39, 0.29) is 24.2 Å². The zero-order valence-electron chi connectivity index (χ0n) is 15.5. The van der Waals surface area contributed by atoms with Crippen LogP contribution in [0.15, 0.2) is 12.2 Å². The number of ketones is 1. The lowest BCUT2D eigenvalue weighted by Crippen LogP contribution is -2.43. The van der Waals surface area contributed by atoms with E-state index in [1.165, 1.54) is 0 Å². The SMILES string of the molecule is CCCCCC(=O)/C=C/C1CCCC(=O)N1CCCCCCC(=O)O. The zero-order valence-corrected chi connectivity index (χ0v) is 15.5. The number of hydrogen-bond acceptors (Lipinski definition) is 3. The van der Waals surface area contributed by atoms with Gasteiger partial charge in [-0.05, 0) is 38.2 Å². The smallest absolute Gasteiger partial charge is 0.303 e. The molecule has 1 atom stereocenters. The van der Waals surface area contributed by atoms with Gasteiger partial charge in [-0.25, -0.2) is 0 Å². The molecule has 0 saturated carbocycles. The van der Waals surface area contributed by atoms with Crippen molar-refractivity contribution < 1.29 is 19.5 Å². The summed E-state index contributed by atoms with van der Waals surface area (Å²) in [4.78, 5) is 36.5. The first kappa shape index (κ1) is 21.4. The van der Waals surface area contributed by atoms with E-state index in [4.69, 9.17) is 5.11 Å². The summed E-state index contributed by atoms with van der Waals surface area (Å²) in [6, 6.07) is 0.0374. The van der Waals surface area contributed by atoms with Crippen LogP contribution in [-0.2, 0) is 14.4 Å². The van der Waals surface area contributed by atoms with E-state index in [1.54, 1.807) is 6.08 Å². The summed E-state index contributed by atoms with van der Waals surface area (Å²) in [7, 11) is 0. The molecule has 1 aliphatic heterocycles. The minimum absolute atomic E-state index is 0.0374. The molecule has 1 heterocycles. The highest BCUT2D eigenvalue weighted by atomic mass is 16.4. The van der Waals surface area contributed by atoms with Crippen molar-refractivity contribution in [3.63, 3.8) is 0 Å². The predicted molar refractivity (Wildman–Crippen MR) is 98.4 cm³/mol. The molecule has 0 aliphatic carbocycles. The molecule has 1 rings (SSSR count). The Morgan fingerprint density at radius 2 is 1.84 bits per heavy atom. The Morgan fingerprint density at radius 3 is 2.56 bits per heavy atom. The number of allylic oxidation sites excluding steroid dienone is 1. The van der Waals surface area contributed by atoms with Crippen LogP contribution in [0.5, 0.6) is 0 Å². The third-order valence-corrected chi connectivity index (χ3v) is 4.68. The Labute approximate surface area is 151 Å². The van der Waals surface area contributed by atoms with Crippen molar-refractivity contribution in [1.29, 1.82) is 0 Å². The molecule has 1 N–H and O–H groups in total. The van der Waals surface area contributed by atoms with Crippen LogP contribution in [0.3, 0.4) is 0 Å². The zero-order chi connectivity index (χ0) is 18.5. The molecule has 5 nitrogen and oxygen atoms in total. The van der Waals surface area contributed by atoms with Gasteiger partial charge in [-0.1, -0.05) is 38.7 Å².